The van der Waals surface area contributed by atoms with Crippen molar-refractivity contribution in [1.82, 2.24) is 9.97 Å². The Bertz CT molecular complexity index is 822. The van der Waals surface area contributed by atoms with Gasteiger partial charge in [0.25, 0.3) is 0 Å². The Balaban J connectivity index is 1.96. The van der Waals surface area contributed by atoms with Gasteiger partial charge in [-0.2, -0.15) is 0 Å². The third-order valence-corrected chi connectivity index (χ3v) is 4.32. The van der Waals surface area contributed by atoms with Crippen molar-refractivity contribution in [3.63, 3.8) is 0 Å². The molecule has 0 bridgehead atoms. The molecule has 22 heavy (non-hydrogen) atoms. The van der Waals surface area contributed by atoms with Crippen LogP contribution >= 0.6 is 11.3 Å². The maximum absolute atomic E-state index is 13.6. The maximum atomic E-state index is 13.6. The van der Waals surface area contributed by atoms with Crippen LogP contribution in [0.25, 0.3) is 21.2 Å². The number of hydrogen-bond acceptors (Lipinski definition) is 4. The fraction of sp³-hybridized carbons (Fsp3) is 0.235. The highest BCUT2D eigenvalue weighted by atomic mass is 32.1. The molecule has 0 amide bonds. The second kappa shape index (κ2) is 5.57. The highest BCUT2D eigenvalue weighted by molar-refractivity contribution is 7.13. The lowest BCUT2D eigenvalue weighted by Crippen LogP contribution is -2.27. The molecule has 0 spiro atoms. The van der Waals surface area contributed by atoms with Crippen LogP contribution in [0.4, 0.5) is 4.39 Å². The third kappa shape index (κ3) is 3.04. The van der Waals surface area contributed by atoms with Gasteiger partial charge in [-0.3, -0.25) is 14.8 Å². The summed E-state index contributed by atoms with van der Waals surface area (Å²) in [4.78, 5) is 21.2. The molecule has 0 aliphatic rings. The van der Waals surface area contributed by atoms with E-state index in [0.717, 1.165) is 21.2 Å². The van der Waals surface area contributed by atoms with Crippen molar-refractivity contribution in [1.29, 1.82) is 0 Å². The molecule has 0 fully saturated rings. The van der Waals surface area contributed by atoms with Crippen LogP contribution in [0.1, 0.15) is 19.5 Å². The molecular weight excluding hydrogens is 299 g/mol. The highest BCUT2D eigenvalue weighted by Crippen LogP contribution is 2.27. The van der Waals surface area contributed by atoms with Crippen LogP contribution in [0.5, 0.6) is 0 Å². The number of benzene rings is 1. The lowest BCUT2D eigenvalue weighted by atomic mass is 10.00. The first-order valence-electron chi connectivity index (χ1n) is 6.93. The fourth-order valence-corrected chi connectivity index (χ4v) is 2.79. The number of ketones is 1. The molecule has 0 saturated carbocycles. The van der Waals surface area contributed by atoms with Gasteiger partial charge in [0.15, 0.2) is 11.5 Å². The maximum Gasteiger partial charge on any atom is 0.175 e. The normalized spacial score (nSPS) is 11.8. The third-order valence-electron chi connectivity index (χ3n) is 3.50. The van der Waals surface area contributed by atoms with Crippen molar-refractivity contribution in [2.45, 2.75) is 25.9 Å². The molecule has 2 heterocycles. The van der Waals surface area contributed by atoms with Crippen molar-refractivity contribution in [2.24, 2.45) is 0 Å². The van der Waals surface area contributed by atoms with Gasteiger partial charge in [-0.1, -0.05) is 12.1 Å². The number of rotatable bonds is 4. The summed E-state index contributed by atoms with van der Waals surface area (Å²) in [6.07, 6.45) is 3.55. The Hall–Kier alpha value is -2.14. The zero-order chi connectivity index (χ0) is 15.7. The molecule has 0 N–H and O–H groups in total. The van der Waals surface area contributed by atoms with Gasteiger partial charge in [0.2, 0.25) is 0 Å². The second-order valence-corrected chi connectivity index (χ2v) is 6.56. The summed E-state index contributed by atoms with van der Waals surface area (Å²) in [7, 11) is 0. The number of carbonyl (C=O) groups excluding carboxylic acids is 1. The Labute approximate surface area is 131 Å². The van der Waals surface area contributed by atoms with E-state index in [2.05, 4.69) is 9.97 Å². The Morgan fingerprint density at radius 1 is 1.23 bits per heavy atom. The van der Waals surface area contributed by atoms with E-state index in [1.54, 1.807) is 23.0 Å². The fourth-order valence-electron chi connectivity index (χ4n) is 2.17. The molecule has 0 aliphatic carbocycles. The van der Waals surface area contributed by atoms with Crippen LogP contribution in [-0.2, 0) is 11.2 Å². The average molecular weight is 314 g/mol. The largest absolute Gasteiger partial charge is 0.296 e. The van der Waals surface area contributed by atoms with E-state index in [-0.39, 0.29) is 6.42 Å². The number of hydrogen-bond donors (Lipinski definition) is 0. The molecule has 0 radical (unpaired) electrons. The van der Waals surface area contributed by atoms with Gasteiger partial charge in [-0.25, -0.2) is 4.39 Å². The predicted molar refractivity (Wildman–Crippen MR) is 86.7 cm³/mol. The number of pyridine rings is 1. The zero-order valence-corrected chi connectivity index (χ0v) is 13.2. The molecule has 3 aromatic rings. The van der Waals surface area contributed by atoms with Crippen molar-refractivity contribution in [3.05, 3.63) is 47.9 Å². The number of alkyl halides is 1. The van der Waals surface area contributed by atoms with Gasteiger partial charge < -0.3 is 0 Å². The summed E-state index contributed by atoms with van der Waals surface area (Å²) in [6, 6.07) is 7.90. The van der Waals surface area contributed by atoms with E-state index < -0.39 is 11.5 Å². The van der Waals surface area contributed by atoms with Crippen LogP contribution in [0.15, 0.2) is 42.2 Å². The first-order valence-corrected chi connectivity index (χ1v) is 7.81. The summed E-state index contributed by atoms with van der Waals surface area (Å²) >= 11 is 1.57. The average Bonchev–Trinajstić information content (AvgIpc) is 2.99. The summed E-state index contributed by atoms with van der Waals surface area (Å²) in [5.41, 5.74) is 1.62. The number of Topliss-reactive ketones (excluding diaryl/α,β-unsaturated/α-hetero) is 1. The SMILES string of the molecule is CC(C)(F)C(=O)Cc1cc2cc(-c3cncs3)ccc2cn1. The summed E-state index contributed by atoms with van der Waals surface area (Å²) in [5.74, 6) is -0.460. The minimum Gasteiger partial charge on any atom is -0.296 e. The minimum atomic E-state index is -1.83. The second-order valence-electron chi connectivity index (χ2n) is 5.68. The van der Waals surface area contributed by atoms with Crippen LogP contribution in [0.3, 0.4) is 0 Å². The Morgan fingerprint density at radius 2 is 2.05 bits per heavy atom. The predicted octanol–water partition coefficient (Wildman–Crippen LogP) is 4.22. The quantitative estimate of drug-likeness (QED) is 0.724. The first kappa shape index (κ1) is 14.8. The molecule has 3 rings (SSSR count). The summed E-state index contributed by atoms with van der Waals surface area (Å²) in [6.45, 7) is 2.55. The smallest absolute Gasteiger partial charge is 0.175 e. The summed E-state index contributed by atoms with van der Waals surface area (Å²) < 4.78 is 13.6. The number of aromatic nitrogens is 2. The molecule has 0 aliphatic heterocycles. The Morgan fingerprint density at radius 3 is 2.73 bits per heavy atom. The van der Waals surface area contributed by atoms with E-state index in [1.165, 1.54) is 13.8 Å². The van der Waals surface area contributed by atoms with Crippen molar-refractivity contribution in [2.75, 3.05) is 0 Å². The monoisotopic (exact) mass is 314 g/mol. The number of fused-ring (bicyclic) bond motifs is 1. The molecule has 5 heteroatoms. The molecule has 0 unspecified atom stereocenters. The highest BCUT2D eigenvalue weighted by Gasteiger charge is 2.26. The molecule has 112 valence electrons. The van der Waals surface area contributed by atoms with Crippen LogP contribution < -0.4 is 0 Å². The molecule has 0 saturated heterocycles. The van der Waals surface area contributed by atoms with E-state index in [0.29, 0.717) is 5.69 Å². The molecule has 1 aromatic carbocycles. The van der Waals surface area contributed by atoms with Crippen molar-refractivity contribution in [3.8, 4) is 10.4 Å². The zero-order valence-electron chi connectivity index (χ0n) is 12.3. The van der Waals surface area contributed by atoms with Gasteiger partial charge in [-0.05, 0) is 36.9 Å². The summed E-state index contributed by atoms with van der Waals surface area (Å²) in [5, 5.41) is 1.98. The number of carbonyl (C=O) groups is 1. The molecule has 3 nitrogen and oxygen atoms in total. The van der Waals surface area contributed by atoms with Crippen LogP contribution in [0.2, 0.25) is 0 Å². The topological polar surface area (TPSA) is 42.9 Å². The number of nitrogens with zero attached hydrogens (tertiary/aromatic N) is 2. The van der Waals surface area contributed by atoms with E-state index in [9.17, 15) is 9.18 Å². The van der Waals surface area contributed by atoms with E-state index >= 15 is 0 Å². The lowest BCUT2D eigenvalue weighted by Gasteiger charge is -2.12. The van der Waals surface area contributed by atoms with Crippen molar-refractivity contribution < 1.29 is 9.18 Å². The van der Waals surface area contributed by atoms with Gasteiger partial charge in [0, 0.05) is 23.5 Å². The van der Waals surface area contributed by atoms with E-state index in [1.807, 2.05) is 30.5 Å². The molecule has 0 atom stereocenters. The lowest BCUT2D eigenvalue weighted by molar-refractivity contribution is -0.127. The number of thiazole rings is 1. The number of halogens is 1. The first-order chi connectivity index (χ1) is 10.4. The van der Waals surface area contributed by atoms with Gasteiger partial charge >= 0.3 is 0 Å². The van der Waals surface area contributed by atoms with Crippen LogP contribution in [-0.4, -0.2) is 21.4 Å². The molecular formula is C17H15FN2OS. The van der Waals surface area contributed by atoms with Gasteiger partial charge in [0.1, 0.15) is 0 Å². The Kier molecular flexibility index (Phi) is 3.74. The van der Waals surface area contributed by atoms with Gasteiger partial charge in [0.05, 0.1) is 16.8 Å². The van der Waals surface area contributed by atoms with Crippen LogP contribution in [0, 0.1) is 0 Å². The van der Waals surface area contributed by atoms with Crippen molar-refractivity contribution >= 4 is 27.9 Å². The molecule has 2 aromatic heterocycles. The van der Waals surface area contributed by atoms with Gasteiger partial charge in [-0.15, -0.1) is 11.3 Å². The van der Waals surface area contributed by atoms with E-state index in [4.69, 9.17) is 0 Å². The standard InChI is InChI=1S/C17H15FN2OS/c1-17(2,18)16(21)7-14-6-13-5-11(15-9-19-10-22-15)3-4-12(13)8-20-14/h3-6,8-10H,7H2,1-2H3. The minimum absolute atomic E-state index is 0.00419.